The molecule has 2 N–H and O–H groups in total. The summed E-state index contributed by atoms with van der Waals surface area (Å²) < 4.78 is 0. The van der Waals surface area contributed by atoms with E-state index >= 15 is 0 Å². The van der Waals surface area contributed by atoms with E-state index in [1.807, 2.05) is 5.38 Å². The second-order valence-corrected chi connectivity index (χ2v) is 7.11. The number of fused-ring (bicyclic) bond motifs is 1. The molecule has 0 saturated heterocycles. The first-order valence-corrected chi connectivity index (χ1v) is 8.67. The van der Waals surface area contributed by atoms with Crippen LogP contribution in [-0.2, 0) is 12.8 Å². The fourth-order valence-electron chi connectivity index (χ4n) is 3.37. The maximum Gasteiger partial charge on any atom is 0.252 e. The van der Waals surface area contributed by atoms with Crippen molar-refractivity contribution in [2.75, 3.05) is 6.54 Å². The Morgan fingerprint density at radius 1 is 1.25 bits per heavy atom. The van der Waals surface area contributed by atoms with Crippen molar-refractivity contribution in [2.45, 2.75) is 57.5 Å². The number of nitrogens with one attached hydrogen (secondary N) is 1. The molecule has 0 spiro atoms. The van der Waals surface area contributed by atoms with Crippen LogP contribution in [0.1, 0.15) is 59.3 Å². The highest BCUT2D eigenvalue weighted by molar-refractivity contribution is 7.10. The Labute approximate surface area is 124 Å². The molecule has 1 fully saturated rings. The van der Waals surface area contributed by atoms with Crippen LogP contribution in [0.4, 0.5) is 0 Å². The summed E-state index contributed by atoms with van der Waals surface area (Å²) in [7, 11) is 0. The largest absolute Gasteiger partial charge is 0.393 e. The lowest BCUT2D eigenvalue weighted by molar-refractivity contribution is 0.0909. The van der Waals surface area contributed by atoms with E-state index in [0.29, 0.717) is 5.92 Å². The first-order chi connectivity index (χ1) is 9.74. The van der Waals surface area contributed by atoms with Gasteiger partial charge < -0.3 is 10.4 Å². The quantitative estimate of drug-likeness (QED) is 0.900. The Bertz CT molecular complexity index is 475. The summed E-state index contributed by atoms with van der Waals surface area (Å²) in [6.45, 7) is 0.760. The molecule has 0 atom stereocenters. The first kappa shape index (κ1) is 14.1. The molecule has 20 heavy (non-hydrogen) atoms. The highest BCUT2D eigenvalue weighted by Crippen LogP contribution is 2.30. The zero-order valence-electron chi connectivity index (χ0n) is 11.9. The Morgan fingerprint density at radius 2 is 2.00 bits per heavy atom. The zero-order valence-corrected chi connectivity index (χ0v) is 12.7. The van der Waals surface area contributed by atoms with E-state index in [0.717, 1.165) is 50.6 Å². The van der Waals surface area contributed by atoms with E-state index in [-0.39, 0.29) is 12.0 Å². The number of thiophene rings is 1. The molecule has 1 heterocycles. The Hall–Kier alpha value is -0.870. The highest BCUT2D eigenvalue weighted by atomic mass is 32.1. The molecule has 1 saturated carbocycles. The van der Waals surface area contributed by atoms with Gasteiger partial charge in [-0.2, -0.15) is 0 Å². The summed E-state index contributed by atoms with van der Waals surface area (Å²) in [6.07, 6.45) is 8.40. The topological polar surface area (TPSA) is 49.3 Å². The van der Waals surface area contributed by atoms with Crippen LogP contribution in [0.5, 0.6) is 0 Å². The van der Waals surface area contributed by atoms with Gasteiger partial charge in [0.05, 0.1) is 11.7 Å². The van der Waals surface area contributed by atoms with Crippen LogP contribution in [-0.4, -0.2) is 23.7 Å². The standard InChI is InChI=1S/C16H23NO2S/c18-12-7-5-11(6-8-12)9-17-16(19)14-10-20-15-4-2-1-3-13(14)15/h10-12,18H,1-9H2,(H,17,19). The van der Waals surface area contributed by atoms with E-state index in [2.05, 4.69) is 5.32 Å². The molecule has 1 aromatic heterocycles. The number of hydrogen-bond donors (Lipinski definition) is 2. The number of carbonyl (C=O) groups excluding carboxylic acids is 1. The number of aliphatic hydroxyl groups excluding tert-OH is 1. The number of aryl methyl sites for hydroxylation is 1. The molecule has 0 unspecified atom stereocenters. The average Bonchev–Trinajstić information content (AvgIpc) is 2.90. The fourth-order valence-corrected chi connectivity index (χ4v) is 4.49. The molecule has 110 valence electrons. The van der Waals surface area contributed by atoms with Gasteiger partial charge in [-0.3, -0.25) is 4.79 Å². The normalized spacial score (nSPS) is 26.1. The van der Waals surface area contributed by atoms with E-state index < -0.39 is 0 Å². The van der Waals surface area contributed by atoms with Gasteiger partial charge in [-0.25, -0.2) is 0 Å². The smallest absolute Gasteiger partial charge is 0.252 e. The van der Waals surface area contributed by atoms with Crippen molar-refractivity contribution in [3.63, 3.8) is 0 Å². The second-order valence-electron chi connectivity index (χ2n) is 6.14. The van der Waals surface area contributed by atoms with E-state index in [1.54, 1.807) is 11.3 Å². The van der Waals surface area contributed by atoms with Gasteiger partial charge in [0.2, 0.25) is 0 Å². The van der Waals surface area contributed by atoms with Crippen molar-refractivity contribution in [3.05, 3.63) is 21.4 Å². The van der Waals surface area contributed by atoms with Gasteiger partial charge >= 0.3 is 0 Å². The van der Waals surface area contributed by atoms with Gasteiger partial charge in [-0.15, -0.1) is 11.3 Å². The number of aliphatic hydroxyl groups is 1. The maximum atomic E-state index is 12.3. The lowest BCUT2D eigenvalue weighted by atomic mass is 9.87. The van der Waals surface area contributed by atoms with Crippen molar-refractivity contribution < 1.29 is 9.90 Å². The third kappa shape index (κ3) is 3.07. The highest BCUT2D eigenvalue weighted by Gasteiger charge is 2.22. The van der Waals surface area contributed by atoms with Crippen LogP contribution < -0.4 is 5.32 Å². The van der Waals surface area contributed by atoms with Crippen LogP contribution in [0.2, 0.25) is 0 Å². The minimum Gasteiger partial charge on any atom is -0.393 e. The zero-order chi connectivity index (χ0) is 13.9. The minimum atomic E-state index is -0.120. The lowest BCUT2D eigenvalue weighted by Gasteiger charge is -2.25. The summed E-state index contributed by atoms with van der Waals surface area (Å²) in [4.78, 5) is 13.7. The molecule has 3 rings (SSSR count). The maximum absolute atomic E-state index is 12.3. The third-order valence-corrected chi connectivity index (χ3v) is 5.76. The van der Waals surface area contributed by atoms with E-state index in [9.17, 15) is 9.90 Å². The van der Waals surface area contributed by atoms with Crippen molar-refractivity contribution in [3.8, 4) is 0 Å². The van der Waals surface area contributed by atoms with Gasteiger partial charge in [0, 0.05) is 16.8 Å². The van der Waals surface area contributed by atoms with E-state index in [4.69, 9.17) is 0 Å². The molecular weight excluding hydrogens is 270 g/mol. The molecule has 3 nitrogen and oxygen atoms in total. The average molecular weight is 293 g/mol. The van der Waals surface area contributed by atoms with Crippen LogP contribution in [0, 0.1) is 5.92 Å². The predicted molar refractivity (Wildman–Crippen MR) is 81.3 cm³/mol. The van der Waals surface area contributed by atoms with Gasteiger partial charge in [0.25, 0.3) is 5.91 Å². The predicted octanol–water partition coefficient (Wildman–Crippen LogP) is 2.91. The van der Waals surface area contributed by atoms with Crippen LogP contribution in [0.15, 0.2) is 5.38 Å². The van der Waals surface area contributed by atoms with Crippen LogP contribution in [0.25, 0.3) is 0 Å². The molecule has 4 heteroatoms. The molecular formula is C16H23NO2S. The molecule has 0 bridgehead atoms. The van der Waals surface area contributed by atoms with Gasteiger partial charge in [-0.05, 0) is 62.8 Å². The molecule has 1 aromatic rings. The number of rotatable bonds is 3. The molecule has 0 aromatic carbocycles. The SMILES string of the molecule is O=C(NCC1CCC(O)CC1)c1csc2c1CCCC2. The summed E-state index contributed by atoms with van der Waals surface area (Å²) in [6, 6.07) is 0. The lowest BCUT2D eigenvalue weighted by Crippen LogP contribution is -2.32. The monoisotopic (exact) mass is 293 g/mol. The van der Waals surface area contributed by atoms with Gasteiger partial charge in [0.1, 0.15) is 0 Å². The van der Waals surface area contributed by atoms with Crippen LogP contribution in [0.3, 0.4) is 0 Å². The molecule has 0 radical (unpaired) electrons. The van der Waals surface area contributed by atoms with Crippen molar-refractivity contribution in [1.82, 2.24) is 5.32 Å². The number of amides is 1. The summed E-state index contributed by atoms with van der Waals surface area (Å²) in [5.74, 6) is 0.646. The van der Waals surface area contributed by atoms with Crippen LogP contribution >= 0.6 is 11.3 Å². The Morgan fingerprint density at radius 3 is 2.80 bits per heavy atom. The Kier molecular flexibility index (Phi) is 4.41. The van der Waals surface area contributed by atoms with Crippen molar-refractivity contribution in [2.24, 2.45) is 5.92 Å². The molecule has 2 aliphatic carbocycles. The number of hydrogen-bond acceptors (Lipinski definition) is 3. The fraction of sp³-hybridized carbons (Fsp3) is 0.688. The van der Waals surface area contributed by atoms with Crippen molar-refractivity contribution in [1.29, 1.82) is 0 Å². The summed E-state index contributed by atoms with van der Waals surface area (Å²) in [5.41, 5.74) is 2.22. The Balaban J connectivity index is 1.55. The van der Waals surface area contributed by atoms with Crippen molar-refractivity contribution >= 4 is 17.2 Å². The van der Waals surface area contributed by atoms with Gasteiger partial charge in [0.15, 0.2) is 0 Å². The van der Waals surface area contributed by atoms with Gasteiger partial charge in [-0.1, -0.05) is 0 Å². The summed E-state index contributed by atoms with van der Waals surface area (Å²) in [5, 5.41) is 14.6. The first-order valence-electron chi connectivity index (χ1n) is 7.79. The number of carbonyl (C=O) groups is 1. The minimum absolute atomic E-state index is 0.107. The van der Waals surface area contributed by atoms with E-state index in [1.165, 1.54) is 23.3 Å². The summed E-state index contributed by atoms with van der Waals surface area (Å²) >= 11 is 1.75. The molecule has 0 aliphatic heterocycles. The molecule has 2 aliphatic rings. The third-order valence-electron chi connectivity index (χ3n) is 4.67. The molecule has 1 amide bonds. The second kappa shape index (κ2) is 6.27.